The van der Waals surface area contributed by atoms with Crippen LogP contribution in [0.1, 0.15) is 19.4 Å². The van der Waals surface area contributed by atoms with E-state index >= 15 is 0 Å². The van der Waals surface area contributed by atoms with Gasteiger partial charge in [-0.2, -0.15) is 5.10 Å². The summed E-state index contributed by atoms with van der Waals surface area (Å²) >= 11 is 3.35. The predicted octanol–water partition coefficient (Wildman–Crippen LogP) is 2.45. The molecule has 9 nitrogen and oxygen atoms in total. The van der Waals surface area contributed by atoms with Gasteiger partial charge in [0.2, 0.25) is 0 Å². The van der Waals surface area contributed by atoms with Crippen LogP contribution < -0.4 is 25.5 Å². The number of nitrogens with one attached hydrogen (secondary N) is 3. The van der Waals surface area contributed by atoms with E-state index < -0.39 is 11.8 Å². The van der Waals surface area contributed by atoms with Gasteiger partial charge in [-0.3, -0.25) is 14.4 Å². The number of hydrazone groups is 1. The normalized spacial score (nSPS) is 10.6. The molecule has 0 radical (unpaired) electrons. The molecule has 0 saturated carbocycles. The number of hydrogen-bond acceptors (Lipinski definition) is 6. The average Bonchev–Trinajstić information content (AvgIpc) is 2.73. The fourth-order valence-electron chi connectivity index (χ4n) is 2.31. The number of rotatable bonds is 8. The summed E-state index contributed by atoms with van der Waals surface area (Å²) in [6.45, 7) is 3.24. The second-order valence-electron chi connectivity index (χ2n) is 6.57. The third-order valence-corrected chi connectivity index (χ3v) is 4.19. The zero-order valence-electron chi connectivity index (χ0n) is 17.3. The van der Waals surface area contributed by atoms with Crippen molar-refractivity contribution in [3.63, 3.8) is 0 Å². The summed E-state index contributed by atoms with van der Waals surface area (Å²) in [5, 5.41) is 8.96. The molecule has 0 atom stereocenters. The van der Waals surface area contributed by atoms with Crippen molar-refractivity contribution in [2.45, 2.75) is 19.9 Å². The first-order valence-corrected chi connectivity index (χ1v) is 10.1. The lowest BCUT2D eigenvalue weighted by Gasteiger charge is -2.10. The lowest BCUT2D eigenvalue weighted by atomic mass is 10.2. The van der Waals surface area contributed by atoms with Crippen LogP contribution in [0.15, 0.2) is 52.0 Å². The summed E-state index contributed by atoms with van der Waals surface area (Å²) in [6, 6.07) is 11.8. The molecule has 31 heavy (non-hydrogen) atoms. The van der Waals surface area contributed by atoms with Crippen LogP contribution in [0.2, 0.25) is 0 Å². The van der Waals surface area contributed by atoms with Crippen LogP contribution >= 0.6 is 15.9 Å². The van der Waals surface area contributed by atoms with Gasteiger partial charge < -0.3 is 20.1 Å². The van der Waals surface area contributed by atoms with E-state index in [4.69, 9.17) is 9.47 Å². The molecule has 0 unspecified atom stereocenters. The van der Waals surface area contributed by atoms with Gasteiger partial charge >= 0.3 is 11.8 Å². The smallest absolute Gasteiger partial charge is 0.329 e. The molecule has 0 aliphatic heterocycles. The number of anilines is 1. The fraction of sp³-hybridized carbons (Fsp3) is 0.238. The maximum Gasteiger partial charge on any atom is 0.329 e. The third-order valence-electron chi connectivity index (χ3n) is 3.70. The van der Waals surface area contributed by atoms with E-state index in [0.29, 0.717) is 22.7 Å². The summed E-state index contributed by atoms with van der Waals surface area (Å²) in [6.07, 6.45) is 1.32. The predicted molar refractivity (Wildman–Crippen MR) is 120 cm³/mol. The molecule has 3 amide bonds. The van der Waals surface area contributed by atoms with Gasteiger partial charge in [0, 0.05) is 21.8 Å². The quantitative estimate of drug-likeness (QED) is 0.298. The molecular formula is C21H23BrN4O5. The topological polar surface area (TPSA) is 118 Å². The van der Waals surface area contributed by atoms with Gasteiger partial charge in [0.25, 0.3) is 5.91 Å². The van der Waals surface area contributed by atoms with Crippen LogP contribution in [0.25, 0.3) is 0 Å². The third kappa shape index (κ3) is 8.09. The Labute approximate surface area is 188 Å². The molecule has 0 heterocycles. The summed E-state index contributed by atoms with van der Waals surface area (Å²) in [7, 11) is 1.56. The van der Waals surface area contributed by atoms with Gasteiger partial charge in [0.05, 0.1) is 13.3 Å². The van der Waals surface area contributed by atoms with Crippen LogP contribution in [0, 0.1) is 0 Å². The van der Waals surface area contributed by atoms with Crippen LogP contribution in [0.3, 0.4) is 0 Å². The maximum atomic E-state index is 12.2. The van der Waals surface area contributed by atoms with Gasteiger partial charge in [0.15, 0.2) is 6.61 Å². The minimum atomic E-state index is -0.888. The van der Waals surface area contributed by atoms with Crippen LogP contribution in [-0.2, 0) is 14.4 Å². The number of hydrogen-bond donors (Lipinski definition) is 3. The Balaban J connectivity index is 1.96. The number of carbonyl (C=O) groups is 3. The van der Waals surface area contributed by atoms with E-state index in [9.17, 15) is 14.4 Å². The number of methoxy groups -OCH3 is 1. The molecule has 2 rings (SSSR count). The van der Waals surface area contributed by atoms with Gasteiger partial charge in [-0.1, -0.05) is 15.9 Å². The number of amides is 3. The van der Waals surface area contributed by atoms with Gasteiger partial charge in [-0.15, -0.1) is 0 Å². The number of halogens is 1. The molecule has 0 aromatic heterocycles. The Morgan fingerprint density at radius 1 is 1.10 bits per heavy atom. The standard InChI is InChI=1S/C21H23BrN4O5/c1-13(2)24-20(28)21(29)26-23-11-14-10-15(22)4-9-18(14)31-12-19(27)25-16-5-7-17(30-3)8-6-16/h4-11,13H,12H2,1-3H3,(H,24,28)(H,25,27)(H,26,29)/b23-11-. The zero-order chi connectivity index (χ0) is 22.8. The number of benzene rings is 2. The van der Waals surface area contributed by atoms with Gasteiger partial charge in [0.1, 0.15) is 11.5 Å². The van der Waals surface area contributed by atoms with E-state index in [2.05, 4.69) is 37.1 Å². The first-order valence-electron chi connectivity index (χ1n) is 9.28. The minimum Gasteiger partial charge on any atom is -0.497 e. The second-order valence-corrected chi connectivity index (χ2v) is 7.49. The van der Waals surface area contributed by atoms with Crippen molar-refractivity contribution in [2.75, 3.05) is 19.0 Å². The van der Waals surface area contributed by atoms with Crippen molar-refractivity contribution < 1.29 is 23.9 Å². The molecule has 10 heteroatoms. The molecule has 0 fully saturated rings. The van der Waals surface area contributed by atoms with Crippen molar-refractivity contribution in [3.05, 3.63) is 52.5 Å². The summed E-state index contributed by atoms with van der Waals surface area (Å²) in [4.78, 5) is 35.5. The number of carbonyl (C=O) groups excluding carboxylic acids is 3. The van der Waals surface area contributed by atoms with Crippen molar-refractivity contribution in [2.24, 2.45) is 5.10 Å². The van der Waals surface area contributed by atoms with E-state index in [1.807, 2.05) is 0 Å². The maximum absolute atomic E-state index is 12.2. The summed E-state index contributed by atoms with van der Waals surface area (Å²) < 4.78 is 11.4. The Kier molecular flexibility index (Phi) is 9.01. The fourth-order valence-corrected chi connectivity index (χ4v) is 2.68. The monoisotopic (exact) mass is 490 g/mol. The number of nitrogens with zero attached hydrogens (tertiary/aromatic N) is 1. The van der Waals surface area contributed by atoms with Crippen LogP contribution in [0.5, 0.6) is 11.5 Å². The second kappa shape index (κ2) is 11.7. The summed E-state index contributed by atoms with van der Waals surface area (Å²) in [5.41, 5.74) is 3.25. The highest BCUT2D eigenvalue weighted by molar-refractivity contribution is 9.10. The van der Waals surface area contributed by atoms with Crippen LogP contribution in [-0.4, -0.2) is 43.7 Å². The highest BCUT2D eigenvalue weighted by atomic mass is 79.9. The first kappa shape index (κ1) is 23.9. The molecule has 2 aromatic rings. The zero-order valence-corrected chi connectivity index (χ0v) is 18.9. The Bertz CT molecular complexity index is 961. The molecule has 0 spiro atoms. The minimum absolute atomic E-state index is 0.170. The van der Waals surface area contributed by atoms with Crippen molar-refractivity contribution in [1.82, 2.24) is 10.7 Å². The molecule has 0 bridgehead atoms. The van der Waals surface area contributed by atoms with Gasteiger partial charge in [-0.05, 0) is 56.3 Å². The van der Waals surface area contributed by atoms with E-state index in [0.717, 1.165) is 4.47 Å². The molecular weight excluding hydrogens is 468 g/mol. The van der Waals surface area contributed by atoms with Crippen molar-refractivity contribution in [1.29, 1.82) is 0 Å². The van der Waals surface area contributed by atoms with E-state index in [1.54, 1.807) is 63.4 Å². The number of ether oxygens (including phenoxy) is 2. The Morgan fingerprint density at radius 3 is 2.45 bits per heavy atom. The SMILES string of the molecule is COc1ccc(NC(=O)COc2ccc(Br)cc2/C=N\NC(=O)C(=O)NC(C)C)cc1. The molecule has 3 N–H and O–H groups in total. The van der Waals surface area contributed by atoms with E-state index in [-0.39, 0.29) is 18.6 Å². The highest BCUT2D eigenvalue weighted by Gasteiger charge is 2.13. The van der Waals surface area contributed by atoms with Crippen molar-refractivity contribution in [3.8, 4) is 11.5 Å². The van der Waals surface area contributed by atoms with Gasteiger partial charge in [-0.25, -0.2) is 5.43 Å². The molecule has 0 aliphatic carbocycles. The van der Waals surface area contributed by atoms with Crippen LogP contribution in [0.4, 0.5) is 5.69 Å². The van der Waals surface area contributed by atoms with E-state index in [1.165, 1.54) is 6.21 Å². The average molecular weight is 491 g/mol. The lowest BCUT2D eigenvalue weighted by molar-refractivity contribution is -0.139. The highest BCUT2D eigenvalue weighted by Crippen LogP contribution is 2.22. The summed E-state index contributed by atoms with van der Waals surface area (Å²) in [5.74, 6) is -0.969. The lowest BCUT2D eigenvalue weighted by Crippen LogP contribution is -2.41. The molecule has 0 saturated heterocycles. The Hall–Kier alpha value is -3.40. The Morgan fingerprint density at radius 2 is 1.81 bits per heavy atom. The largest absolute Gasteiger partial charge is 0.497 e. The first-order chi connectivity index (χ1) is 14.8. The molecule has 2 aromatic carbocycles. The van der Waals surface area contributed by atoms with Crippen molar-refractivity contribution >= 4 is 45.6 Å². The molecule has 164 valence electrons. The molecule has 0 aliphatic rings.